The summed E-state index contributed by atoms with van der Waals surface area (Å²) in [5.74, 6) is 1.39. The first-order valence-corrected chi connectivity index (χ1v) is 9.12. The van der Waals surface area contributed by atoms with Crippen molar-refractivity contribution in [3.05, 3.63) is 59.7 Å². The Morgan fingerprint density at radius 3 is 2.46 bits per heavy atom. The topological polar surface area (TPSA) is 66.0 Å². The molecule has 0 spiro atoms. The molecule has 1 amide bonds. The summed E-state index contributed by atoms with van der Waals surface area (Å²) in [6.45, 7) is 3.37. The maximum absolute atomic E-state index is 11.3. The molecule has 5 nitrogen and oxygen atoms in total. The average Bonchev–Trinajstić information content (AvgIpc) is 2.68. The summed E-state index contributed by atoms with van der Waals surface area (Å²) in [5, 5.41) is 0. The number of benzene rings is 2. The second-order valence-electron chi connectivity index (χ2n) is 6.86. The number of carbonyl (C=O) groups excluding carboxylic acids is 1. The molecule has 1 heterocycles. The maximum Gasteiger partial charge on any atom is 0.220 e. The van der Waals surface area contributed by atoms with E-state index < -0.39 is 0 Å². The highest BCUT2D eigenvalue weighted by molar-refractivity contribution is 5.76. The third-order valence-corrected chi connectivity index (χ3v) is 5.01. The number of hydrogen-bond donors (Lipinski definition) is 2. The number of nitrogens with one attached hydrogen (secondary N) is 1. The minimum absolute atomic E-state index is 0.0411. The standard InChI is InChI=1S/C21H26N2O3/c1-25-19-8-7-17(14-23-11-9-18(10-12-23)21(22)24)13-20(19)26-15-16-5-3-2-4-6-16/h2-8,13,18H,9-12,14-15H2,1H3,(H2,22,24)/p+1. The van der Waals surface area contributed by atoms with Crippen molar-refractivity contribution in [2.45, 2.75) is 26.0 Å². The number of piperidine rings is 1. The highest BCUT2D eigenvalue weighted by atomic mass is 16.5. The smallest absolute Gasteiger partial charge is 0.220 e. The van der Waals surface area contributed by atoms with Crippen molar-refractivity contribution in [2.24, 2.45) is 11.7 Å². The van der Waals surface area contributed by atoms with E-state index in [-0.39, 0.29) is 11.8 Å². The minimum Gasteiger partial charge on any atom is -0.493 e. The van der Waals surface area contributed by atoms with Crippen LogP contribution < -0.4 is 20.1 Å². The first-order valence-electron chi connectivity index (χ1n) is 9.12. The number of methoxy groups -OCH3 is 1. The van der Waals surface area contributed by atoms with Gasteiger partial charge < -0.3 is 20.1 Å². The van der Waals surface area contributed by atoms with Crippen LogP contribution in [0.4, 0.5) is 0 Å². The molecule has 3 rings (SSSR count). The molecule has 5 heteroatoms. The van der Waals surface area contributed by atoms with E-state index in [4.69, 9.17) is 15.2 Å². The Hall–Kier alpha value is -2.53. The van der Waals surface area contributed by atoms with E-state index in [0.717, 1.165) is 49.5 Å². The first kappa shape index (κ1) is 18.3. The van der Waals surface area contributed by atoms with Gasteiger partial charge in [-0.2, -0.15) is 0 Å². The zero-order chi connectivity index (χ0) is 18.4. The molecule has 1 aliphatic rings. The summed E-state index contributed by atoms with van der Waals surface area (Å²) in [6, 6.07) is 16.2. The van der Waals surface area contributed by atoms with E-state index in [1.165, 1.54) is 10.5 Å². The van der Waals surface area contributed by atoms with Gasteiger partial charge in [0.15, 0.2) is 11.5 Å². The van der Waals surface area contributed by atoms with Crippen molar-refractivity contribution in [2.75, 3.05) is 20.2 Å². The SMILES string of the molecule is COc1ccc(C[NH+]2CCC(C(N)=O)CC2)cc1OCc1ccccc1. The number of likely N-dealkylation sites (tertiary alicyclic amines) is 1. The van der Waals surface area contributed by atoms with Gasteiger partial charge in [0.25, 0.3) is 0 Å². The lowest BCUT2D eigenvalue weighted by molar-refractivity contribution is -0.919. The van der Waals surface area contributed by atoms with Gasteiger partial charge in [0.05, 0.1) is 20.2 Å². The molecule has 3 N–H and O–H groups in total. The number of hydrogen-bond acceptors (Lipinski definition) is 3. The van der Waals surface area contributed by atoms with Crippen molar-refractivity contribution >= 4 is 5.91 Å². The Bertz CT molecular complexity index is 725. The van der Waals surface area contributed by atoms with Crippen LogP contribution in [0.3, 0.4) is 0 Å². The third-order valence-electron chi connectivity index (χ3n) is 5.01. The molecule has 1 saturated heterocycles. The lowest BCUT2D eigenvalue weighted by Gasteiger charge is -2.27. The van der Waals surface area contributed by atoms with E-state index in [9.17, 15) is 4.79 Å². The fraction of sp³-hybridized carbons (Fsp3) is 0.381. The minimum atomic E-state index is -0.162. The summed E-state index contributed by atoms with van der Waals surface area (Å²) < 4.78 is 11.4. The summed E-state index contributed by atoms with van der Waals surface area (Å²) >= 11 is 0. The van der Waals surface area contributed by atoms with Crippen LogP contribution in [0.5, 0.6) is 11.5 Å². The molecular weight excluding hydrogens is 328 g/mol. The van der Waals surface area contributed by atoms with Crippen LogP contribution in [0, 0.1) is 5.92 Å². The van der Waals surface area contributed by atoms with Gasteiger partial charge in [-0.3, -0.25) is 4.79 Å². The maximum atomic E-state index is 11.3. The van der Waals surface area contributed by atoms with Crippen molar-refractivity contribution in [1.82, 2.24) is 0 Å². The van der Waals surface area contributed by atoms with Gasteiger partial charge in [0, 0.05) is 24.3 Å². The Morgan fingerprint density at radius 1 is 1.08 bits per heavy atom. The van der Waals surface area contributed by atoms with Gasteiger partial charge in [-0.25, -0.2) is 0 Å². The van der Waals surface area contributed by atoms with Gasteiger partial charge in [0.1, 0.15) is 13.2 Å². The molecule has 1 aliphatic heterocycles. The Kier molecular flexibility index (Phi) is 6.12. The van der Waals surface area contributed by atoms with Crippen LogP contribution in [-0.2, 0) is 17.9 Å². The van der Waals surface area contributed by atoms with Crippen LogP contribution in [0.15, 0.2) is 48.5 Å². The lowest BCUT2D eigenvalue weighted by atomic mass is 9.96. The second-order valence-corrected chi connectivity index (χ2v) is 6.86. The first-order chi connectivity index (χ1) is 12.7. The van der Waals surface area contributed by atoms with Crippen molar-refractivity contribution in [1.29, 1.82) is 0 Å². The van der Waals surface area contributed by atoms with Crippen LogP contribution in [-0.4, -0.2) is 26.1 Å². The quantitative estimate of drug-likeness (QED) is 0.792. The molecule has 1 fully saturated rings. The molecule has 26 heavy (non-hydrogen) atoms. The molecule has 0 radical (unpaired) electrons. The molecule has 138 valence electrons. The summed E-state index contributed by atoms with van der Waals surface area (Å²) in [5.41, 5.74) is 7.75. The van der Waals surface area contributed by atoms with Gasteiger partial charge >= 0.3 is 0 Å². The Morgan fingerprint density at radius 2 is 1.81 bits per heavy atom. The number of carbonyl (C=O) groups is 1. The second kappa shape index (κ2) is 8.72. The van der Waals surface area contributed by atoms with Gasteiger partial charge in [-0.05, 0) is 23.8 Å². The van der Waals surface area contributed by atoms with Gasteiger partial charge in [-0.1, -0.05) is 30.3 Å². The van der Waals surface area contributed by atoms with Crippen molar-refractivity contribution in [3.63, 3.8) is 0 Å². The molecule has 2 aromatic carbocycles. The molecular formula is C21H27N2O3+. The predicted octanol–water partition coefficient (Wildman–Crippen LogP) is 1.55. The molecule has 0 atom stereocenters. The molecule has 0 saturated carbocycles. The zero-order valence-electron chi connectivity index (χ0n) is 15.2. The predicted molar refractivity (Wildman–Crippen MR) is 100 cm³/mol. The lowest BCUT2D eigenvalue weighted by Crippen LogP contribution is -3.11. The number of amides is 1. The van der Waals surface area contributed by atoms with E-state index in [1.54, 1.807) is 7.11 Å². The van der Waals surface area contributed by atoms with Gasteiger partial charge in [0.2, 0.25) is 5.91 Å². The Balaban J connectivity index is 1.62. The van der Waals surface area contributed by atoms with Crippen LogP contribution in [0.25, 0.3) is 0 Å². The number of quaternary nitrogens is 1. The fourth-order valence-electron chi connectivity index (χ4n) is 3.46. The zero-order valence-corrected chi connectivity index (χ0v) is 15.2. The number of primary amides is 1. The fourth-order valence-corrected chi connectivity index (χ4v) is 3.46. The van der Waals surface area contributed by atoms with E-state index in [2.05, 4.69) is 12.1 Å². The molecule has 2 aromatic rings. The Labute approximate surface area is 154 Å². The van der Waals surface area contributed by atoms with Crippen molar-refractivity contribution < 1.29 is 19.2 Å². The van der Waals surface area contributed by atoms with E-state index in [0.29, 0.717) is 6.61 Å². The van der Waals surface area contributed by atoms with Crippen LogP contribution in [0.1, 0.15) is 24.0 Å². The number of rotatable bonds is 7. The summed E-state index contributed by atoms with van der Waals surface area (Å²) in [7, 11) is 1.66. The third kappa shape index (κ3) is 4.76. The number of nitrogens with two attached hydrogens (primary N) is 1. The summed E-state index contributed by atoms with van der Waals surface area (Å²) in [6.07, 6.45) is 1.75. The molecule has 0 aliphatic carbocycles. The van der Waals surface area contributed by atoms with E-state index in [1.807, 2.05) is 36.4 Å². The van der Waals surface area contributed by atoms with Crippen LogP contribution >= 0.6 is 0 Å². The molecule has 0 aromatic heterocycles. The molecule has 0 bridgehead atoms. The normalized spacial score (nSPS) is 19.7. The highest BCUT2D eigenvalue weighted by Crippen LogP contribution is 2.28. The van der Waals surface area contributed by atoms with Crippen molar-refractivity contribution in [3.8, 4) is 11.5 Å². The van der Waals surface area contributed by atoms with Crippen LogP contribution in [0.2, 0.25) is 0 Å². The highest BCUT2D eigenvalue weighted by Gasteiger charge is 2.25. The van der Waals surface area contributed by atoms with E-state index >= 15 is 0 Å². The number of ether oxygens (including phenoxy) is 2. The molecule has 0 unspecified atom stereocenters. The van der Waals surface area contributed by atoms with Gasteiger partial charge in [-0.15, -0.1) is 0 Å². The largest absolute Gasteiger partial charge is 0.493 e. The average molecular weight is 355 g/mol. The summed E-state index contributed by atoms with van der Waals surface area (Å²) in [4.78, 5) is 12.8. The monoisotopic (exact) mass is 355 g/mol.